The summed E-state index contributed by atoms with van der Waals surface area (Å²) < 4.78 is 8.82. The van der Waals surface area contributed by atoms with E-state index in [9.17, 15) is 0 Å². The fraction of sp³-hybridized carbons (Fsp3) is 0. The number of thiophene rings is 1. The highest BCUT2D eigenvalue weighted by atomic mass is 32.1. The Balaban J connectivity index is 1.14. The number of nitrogens with zero attached hydrogens (tertiary/aromatic N) is 3. The zero-order chi connectivity index (χ0) is 31.6. The minimum absolute atomic E-state index is 0.639. The van der Waals surface area contributed by atoms with Crippen LogP contribution in [0.25, 0.3) is 98.2 Å². The van der Waals surface area contributed by atoms with Gasteiger partial charge in [0.2, 0.25) is 0 Å². The van der Waals surface area contributed by atoms with Gasteiger partial charge in [0.15, 0.2) is 17.5 Å². The second kappa shape index (κ2) is 10.7. The van der Waals surface area contributed by atoms with Crippen LogP contribution in [0.2, 0.25) is 0 Å². The van der Waals surface area contributed by atoms with Gasteiger partial charge in [0.25, 0.3) is 0 Å². The summed E-state index contributed by atoms with van der Waals surface area (Å²) in [6.07, 6.45) is 0. The predicted molar refractivity (Wildman–Crippen MR) is 199 cm³/mol. The standard InChI is InChI=1S/C43H25N3OS/c1-2-11-28(12-3-1)41-44-42(46-43(45-41)33-16-9-19-37-38(33)32-14-6-7-18-36(32)48-37)29-22-20-27(21-23-29)31-15-8-17-34-39(31)40-30-13-5-4-10-26(30)24-25-35(40)47-34/h1-25H. The third-order valence-corrected chi connectivity index (χ3v) is 10.3. The van der Waals surface area contributed by atoms with Crippen molar-refractivity contribution in [3.8, 4) is 45.3 Å². The molecule has 0 atom stereocenters. The normalized spacial score (nSPS) is 11.8. The Hall–Kier alpha value is -6.17. The zero-order valence-electron chi connectivity index (χ0n) is 25.6. The molecule has 0 bridgehead atoms. The van der Waals surface area contributed by atoms with E-state index >= 15 is 0 Å². The molecule has 0 unspecified atom stereocenters. The molecule has 0 aliphatic rings. The first-order chi connectivity index (χ1) is 23.8. The molecule has 7 aromatic carbocycles. The number of aromatic nitrogens is 3. The van der Waals surface area contributed by atoms with Gasteiger partial charge in [0.1, 0.15) is 11.2 Å². The van der Waals surface area contributed by atoms with Crippen molar-refractivity contribution in [2.75, 3.05) is 0 Å². The Morgan fingerprint density at radius 3 is 1.85 bits per heavy atom. The molecule has 4 nitrogen and oxygen atoms in total. The summed E-state index contributed by atoms with van der Waals surface area (Å²) in [5.41, 5.74) is 6.90. The van der Waals surface area contributed by atoms with Crippen molar-refractivity contribution in [3.63, 3.8) is 0 Å². The second-order valence-electron chi connectivity index (χ2n) is 12.0. The van der Waals surface area contributed by atoms with Gasteiger partial charge in [-0.2, -0.15) is 0 Å². The zero-order valence-corrected chi connectivity index (χ0v) is 26.4. The molecule has 10 aromatic rings. The molecule has 48 heavy (non-hydrogen) atoms. The molecule has 0 saturated carbocycles. The van der Waals surface area contributed by atoms with E-state index in [1.54, 1.807) is 11.3 Å². The maximum absolute atomic E-state index is 6.35. The molecule has 0 aliphatic carbocycles. The summed E-state index contributed by atoms with van der Waals surface area (Å²) in [6.45, 7) is 0. The lowest BCUT2D eigenvalue weighted by Gasteiger charge is -2.10. The number of furan rings is 1. The van der Waals surface area contributed by atoms with Gasteiger partial charge in [-0.3, -0.25) is 0 Å². The lowest BCUT2D eigenvalue weighted by molar-refractivity contribution is 0.669. The Morgan fingerprint density at radius 2 is 1.00 bits per heavy atom. The van der Waals surface area contributed by atoms with Crippen molar-refractivity contribution >= 4 is 64.2 Å². The first-order valence-corrected chi connectivity index (χ1v) is 16.8. The fourth-order valence-electron chi connectivity index (χ4n) is 6.93. The van der Waals surface area contributed by atoms with Crippen molar-refractivity contribution in [1.82, 2.24) is 15.0 Å². The van der Waals surface area contributed by atoms with E-state index < -0.39 is 0 Å². The van der Waals surface area contributed by atoms with Crippen LogP contribution in [0.3, 0.4) is 0 Å². The highest BCUT2D eigenvalue weighted by Crippen LogP contribution is 2.42. The first-order valence-electron chi connectivity index (χ1n) is 15.9. The molecule has 3 aromatic heterocycles. The minimum atomic E-state index is 0.639. The minimum Gasteiger partial charge on any atom is -0.456 e. The maximum Gasteiger partial charge on any atom is 0.164 e. The van der Waals surface area contributed by atoms with Crippen molar-refractivity contribution in [2.45, 2.75) is 0 Å². The fourth-order valence-corrected chi connectivity index (χ4v) is 8.06. The summed E-state index contributed by atoms with van der Waals surface area (Å²) in [7, 11) is 0. The van der Waals surface area contributed by atoms with Crippen molar-refractivity contribution in [3.05, 3.63) is 152 Å². The average molecular weight is 632 g/mol. The van der Waals surface area contributed by atoms with Crippen molar-refractivity contribution in [1.29, 1.82) is 0 Å². The molecule has 224 valence electrons. The lowest BCUT2D eigenvalue weighted by atomic mass is 9.96. The van der Waals surface area contributed by atoms with Crippen LogP contribution in [0.4, 0.5) is 0 Å². The number of benzene rings is 7. The topological polar surface area (TPSA) is 51.8 Å². The molecule has 0 amide bonds. The molecule has 0 N–H and O–H groups in total. The van der Waals surface area contributed by atoms with Crippen LogP contribution in [0.15, 0.2) is 156 Å². The smallest absolute Gasteiger partial charge is 0.164 e. The number of hydrogen-bond donors (Lipinski definition) is 0. The predicted octanol–water partition coefficient (Wildman–Crippen LogP) is 12.0. The van der Waals surface area contributed by atoms with Gasteiger partial charge in [0, 0.05) is 47.6 Å². The van der Waals surface area contributed by atoms with Crippen LogP contribution in [-0.4, -0.2) is 15.0 Å². The third kappa shape index (κ3) is 4.25. The van der Waals surface area contributed by atoms with E-state index in [0.29, 0.717) is 17.5 Å². The van der Waals surface area contributed by atoms with E-state index in [-0.39, 0.29) is 0 Å². The Kier molecular flexibility index (Phi) is 6.01. The van der Waals surface area contributed by atoms with Crippen LogP contribution in [-0.2, 0) is 0 Å². The molecule has 5 heteroatoms. The Bertz CT molecular complexity index is 2830. The number of rotatable bonds is 4. The maximum atomic E-state index is 6.35. The van der Waals surface area contributed by atoms with Crippen LogP contribution in [0, 0.1) is 0 Å². The molecular formula is C43H25N3OS. The lowest BCUT2D eigenvalue weighted by Crippen LogP contribution is -2.00. The van der Waals surface area contributed by atoms with Gasteiger partial charge in [-0.05, 0) is 46.2 Å². The SMILES string of the molecule is c1ccc(-c2nc(-c3ccc(-c4cccc5oc6ccc7ccccc7c6c45)cc3)nc(-c3cccc4sc5ccccc5c34)n2)cc1. The van der Waals surface area contributed by atoms with Crippen LogP contribution in [0.5, 0.6) is 0 Å². The Morgan fingerprint density at radius 1 is 0.375 bits per heavy atom. The van der Waals surface area contributed by atoms with Gasteiger partial charge in [-0.25, -0.2) is 15.0 Å². The summed E-state index contributed by atoms with van der Waals surface area (Å²) >= 11 is 1.80. The largest absolute Gasteiger partial charge is 0.456 e. The van der Waals surface area contributed by atoms with Crippen molar-refractivity contribution in [2.24, 2.45) is 0 Å². The third-order valence-electron chi connectivity index (χ3n) is 9.15. The van der Waals surface area contributed by atoms with Crippen LogP contribution in [0.1, 0.15) is 0 Å². The monoisotopic (exact) mass is 631 g/mol. The van der Waals surface area contributed by atoms with Crippen molar-refractivity contribution < 1.29 is 4.42 Å². The molecule has 0 aliphatic heterocycles. The van der Waals surface area contributed by atoms with Crippen LogP contribution >= 0.6 is 11.3 Å². The molecule has 0 spiro atoms. The molecule has 3 heterocycles. The van der Waals surface area contributed by atoms with Gasteiger partial charge in [0.05, 0.1) is 0 Å². The van der Waals surface area contributed by atoms with Gasteiger partial charge in [-0.1, -0.05) is 127 Å². The molecule has 0 saturated heterocycles. The summed E-state index contributed by atoms with van der Waals surface area (Å²) in [5.74, 6) is 1.95. The average Bonchev–Trinajstić information content (AvgIpc) is 3.74. The summed E-state index contributed by atoms with van der Waals surface area (Å²) in [4.78, 5) is 15.2. The van der Waals surface area contributed by atoms with E-state index in [1.807, 2.05) is 30.3 Å². The van der Waals surface area contributed by atoms with E-state index in [4.69, 9.17) is 19.4 Å². The molecule has 0 radical (unpaired) electrons. The first kappa shape index (κ1) is 27.0. The Labute approximate surface area is 279 Å². The quantitative estimate of drug-likeness (QED) is 0.194. The number of fused-ring (bicyclic) bond motifs is 8. The van der Waals surface area contributed by atoms with E-state index in [2.05, 4.69) is 121 Å². The highest BCUT2D eigenvalue weighted by molar-refractivity contribution is 7.25. The summed E-state index contributed by atoms with van der Waals surface area (Å²) in [5, 5.41) is 7.06. The van der Waals surface area contributed by atoms with Gasteiger partial charge in [-0.15, -0.1) is 11.3 Å². The van der Waals surface area contributed by atoms with Gasteiger partial charge >= 0.3 is 0 Å². The molecule has 0 fully saturated rings. The van der Waals surface area contributed by atoms with Gasteiger partial charge < -0.3 is 4.42 Å². The molecule has 10 rings (SSSR count). The van der Waals surface area contributed by atoms with E-state index in [1.165, 1.54) is 30.9 Å². The second-order valence-corrected chi connectivity index (χ2v) is 13.1. The summed E-state index contributed by atoms with van der Waals surface area (Å²) in [6, 6.07) is 52.6. The highest BCUT2D eigenvalue weighted by Gasteiger charge is 2.18. The van der Waals surface area contributed by atoms with E-state index in [0.717, 1.165) is 49.8 Å². The van der Waals surface area contributed by atoms with Crippen LogP contribution < -0.4 is 0 Å². The molecular weight excluding hydrogens is 607 g/mol. The number of hydrogen-bond acceptors (Lipinski definition) is 5.